The summed E-state index contributed by atoms with van der Waals surface area (Å²) in [5, 5.41) is 8.17. The molecule has 6 heteroatoms. The minimum absolute atomic E-state index is 1.32. The Labute approximate surface area is 59.7 Å². The highest BCUT2D eigenvalue weighted by atomic mass is 16.6. The van der Waals surface area contributed by atoms with Crippen LogP contribution in [0.5, 0.6) is 0 Å². The number of hydrogen-bond donors (Lipinski definition) is 1. The number of Topliss-reactive ketones (excluding diaryl/α,β-unsaturated/α-hetero) is 2. The highest BCUT2D eigenvalue weighted by Gasteiger charge is 2.46. The summed E-state index contributed by atoms with van der Waals surface area (Å²) in [7, 11) is 0. The van der Waals surface area contributed by atoms with E-state index in [4.69, 9.17) is 5.11 Å². The van der Waals surface area contributed by atoms with Gasteiger partial charge < -0.3 is 9.84 Å². The average Bonchev–Trinajstić information content (AvgIpc) is 2.17. The molecule has 0 bridgehead atoms. The number of ketones is 2. The van der Waals surface area contributed by atoms with Crippen molar-refractivity contribution in [1.29, 1.82) is 0 Å². The molecule has 1 fully saturated rings. The SMILES string of the molecule is O=C1OC(C(=O)O)C(=O)C1=O. The van der Waals surface area contributed by atoms with Gasteiger partial charge in [-0.05, 0) is 0 Å². The van der Waals surface area contributed by atoms with Crippen molar-refractivity contribution in [3.63, 3.8) is 0 Å². The summed E-state index contributed by atoms with van der Waals surface area (Å²) in [6.45, 7) is 0. The molecule has 0 spiro atoms. The van der Waals surface area contributed by atoms with E-state index in [0.717, 1.165) is 0 Å². The summed E-state index contributed by atoms with van der Waals surface area (Å²) in [5.41, 5.74) is 0. The molecule has 6 nitrogen and oxygen atoms in total. The van der Waals surface area contributed by atoms with Crippen molar-refractivity contribution in [1.82, 2.24) is 0 Å². The van der Waals surface area contributed by atoms with Crippen molar-refractivity contribution in [3.8, 4) is 0 Å². The molecular formula is C5H2O6. The molecule has 1 heterocycles. The number of cyclic esters (lactones) is 1. The van der Waals surface area contributed by atoms with Crippen LogP contribution >= 0.6 is 0 Å². The molecule has 0 aromatic rings. The number of ether oxygens (including phenoxy) is 1. The lowest BCUT2D eigenvalue weighted by Crippen LogP contribution is -2.28. The van der Waals surface area contributed by atoms with E-state index in [0.29, 0.717) is 0 Å². The summed E-state index contributed by atoms with van der Waals surface area (Å²) in [6.07, 6.45) is -1.94. The lowest BCUT2D eigenvalue weighted by atomic mass is 10.2. The Morgan fingerprint density at radius 1 is 1.36 bits per heavy atom. The van der Waals surface area contributed by atoms with Gasteiger partial charge in [-0.3, -0.25) is 9.59 Å². The van der Waals surface area contributed by atoms with E-state index in [1.165, 1.54) is 0 Å². The van der Waals surface area contributed by atoms with E-state index in [-0.39, 0.29) is 0 Å². The van der Waals surface area contributed by atoms with Gasteiger partial charge in [-0.25, -0.2) is 9.59 Å². The summed E-state index contributed by atoms with van der Waals surface area (Å²) >= 11 is 0. The first-order valence-corrected chi connectivity index (χ1v) is 2.56. The quantitative estimate of drug-likeness (QED) is 0.273. The highest BCUT2D eigenvalue weighted by molar-refractivity contribution is 6.67. The van der Waals surface area contributed by atoms with Gasteiger partial charge in [0.25, 0.3) is 11.9 Å². The summed E-state index contributed by atoms with van der Waals surface area (Å²) < 4.78 is 3.91. The fourth-order valence-corrected chi connectivity index (χ4v) is 0.596. The molecule has 0 radical (unpaired) electrons. The van der Waals surface area contributed by atoms with E-state index in [9.17, 15) is 19.2 Å². The number of carbonyl (C=O) groups excluding carboxylic acids is 3. The van der Waals surface area contributed by atoms with Crippen LogP contribution in [0, 0.1) is 0 Å². The van der Waals surface area contributed by atoms with Crippen LogP contribution in [0.4, 0.5) is 0 Å². The Morgan fingerprint density at radius 2 is 1.91 bits per heavy atom. The number of carbonyl (C=O) groups is 4. The number of esters is 1. The highest BCUT2D eigenvalue weighted by Crippen LogP contribution is 2.06. The van der Waals surface area contributed by atoms with Crippen molar-refractivity contribution < 1.29 is 29.0 Å². The van der Waals surface area contributed by atoms with Crippen LogP contribution in [0.1, 0.15) is 0 Å². The minimum Gasteiger partial charge on any atom is -0.478 e. The summed E-state index contributed by atoms with van der Waals surface area (Å²) in [4.78, 5) is 41.1. The molecule has 11 heavy (non-hydrogen) atoms. The Bertz CT molecular complexity index is 264. The van der Waals surface area contributed by atoms with Crippen LogP contribution in [0.25, 0.3) is 0 Å². The third-order valence-corrected chi connectivity index (χ3v) is 1.10. The van der Waals surface area contributed by atoms with Gasteiger partial charge in [0.15, 0.2) is 0 Å². The zero-order valence-electron chi connectivity index (χ0n) is 5.07. The molecule has 0 saturated carbocycles. The fraction of sp³-hybridized carbons (Fsp3) is 0.200. The van der Waals surface area contributed by atoms with E-state index in [1.54, 1.807) is 0 Å². The van der Waals surface area contributed by atoms with Gasteiger partial charge in [-0.15, -0.1) is 0 Å². The molecule has 1 rings (SSSR count). The first-order valence-electron chi connectivity index (χ1n) is 2.56. The second-order valence-corrected chi connectivity index (χ2v) is 1.82. The van der Waals surface area contributed by atoms with Crippen molar-refractivity contribution in [3.05, 3.63) is 0 Å². The topological polar surface area (TPSA) is 97.7 Å². The largest absolute Gasteiger partial charge is 0.478 e. The molecule has 1 aliphatic rings. The van der Waals surface area contributed by atoms with E-state index < -0.39 is 29.6 Å². The fourth-order valence-electron chi connectivity index (χ4n) is 0.596. The van der Waals surface area contributed by atoms with Gasteiger partial charge >= 0.3 is 17.7 Å². The molecule has 0 aromatic carbocycles. The molecular weight excluding hydrogens is 156 g/mol. The maximum Gasteiger partial charge on any atom is 0.384 e. The molecule has 58 valence electrons. The predicted molar refractivity (Wildman–Crippen MR) is 27.5 cm³/mol. The van der Waals surface area contributed by atoms with Gasteiger partial charge in [-0.1, -0.05) is 0 Å². The van der Waals surface area contributed by atoms with Crippen molar-refractivity contribution in [2.75, 3.05) is 0 Å². The lowest BCUT2D eigenvalue weighted by Gasteiger charge is -1.96. The standard InChI is InChI=1S/C5H2O6/c6-1-2(7)5(10)11-3(1)4(8)9/h3H,(H,8,9). The lowest BCUT2D eigenvalue weighted by molar-refractivity contribution is -0.159. The average molecular weight is 158 g/mol. The van der Waals surface area contributed by atoms with E-state index in [2.05, 4.69) is 4.74 Å². The van der Waals surface area contributed by atoms with Gasteiger partial charge in [0, 0.05) is 0 Å². The first kappa shape index (κ1) is 7.39. The maximum absolute atomic E-state index is 10.5. The number of hydrogen-bond acceptors (Lipinski definition) is 5. The Balaban J connectivity index is 2.92. The molecule has 1 unspecified atom stereocenters. The normalized spacial score (nSPS) is 23.6. The molecule has 0 amide bonds. The van der Waals surface area contributed by atoms with Crippen LogP contribution in [0.15, 0.2) is 0 Å². The van der Waals surface area contributed by atoms with E-state index >= 15 is 0 Å². The molecule has 1 N–H and O–H groups in total. The number of rotatable bonds is 1. The first-order chi connectivity index (χ1) is 5.04. The van der Waals surface area contributed by atoms with Gasteiger partial charge in [-0.2, -0.15) is 0 Å². The van der Waals surface area contributed by atoms with Crippen molar-refractivity contribution in [2.24, 2.45) is 0 Å². The second-order valence-electron chi connectivity index (χ2n) is 1.82. The Morgan fingerprint density at radius 3 is 2.09 bits per heavy atom. The minimum atomic E-state index is -1.94. The van der Waals surface area contributed by atoms with Gasteiger partial charge in [0.1, 0.15) is 0 Å². The van der Waals surface area contributed by atoms with Crippen LogP contribution in [0.2, 0.25) is 0 Å². The van der Waals surface area contributed by atoms with Crippen molar-refractivity contribution in [2.45, 2.75) is 6.10 Å². The zero-order chi connectivity index (χ0) is 8.59. The van der Waals surface area contributed by atoms with Gasteiger partial charge in [0.2, 0.25) is 0 Å². The van der Waals surface area contributed by atoms with Crippen LogP contribution in [-0.2, 0) is 23.9 Å². The number of aliphatic carboxylic acids is 1. The molecule has 1 atom stereocenters. The van der Waals surface area contributed by atoms with Crippen LogP contribution in [-0.4, -0.2) is 34.7 Å². The molecule has 0 aliphatic carbocycles. The molecule has 1 aliphatic heterocycles. The maximum atomic E-state index is 10.5. The van der Waals surface area contributed by atoms with Gasteiger partial charge in [0.05, 0.1) is 0 Å². The number of carboxylic acid groups (broad SMARTS) is 1. The predicted octanol–water partition coefficient (Wildman–Crippen LogP) is -1.87. The summed E-state index contributed by atoms with van der Waals surface area (Å²) in [5.74, 6) is -5.75. The molecule has 0 aromatic heterocycles. The van der Waals surface area contributed by atoms with E-state index in [1.807, 2.05) is 0 Å². The third kappa shape index (κ3) is 0.977. The monoisotopic (exact) mass is 158 g/mol. The Kier molecular flexibility index (Phi) is 1.45. The molecule has 1 saturated heterocycles. The smallest absolute Gasteiger partial charge is 0.384 e. The number of carboxylic acids is 1. The second kappa shape index (κ2) is 2.15. The third-order valence-electron chi connectivity index (χ3n) is 1.10. The van der Waals surface area contributed by atoms with Crippen molar-refractivity contribution >= 4 is 23.5 Å². The van der Waals surface area contributed by atoms with Crippen LogP contribution < -0.4 is 0 Å². The Hall–Kier alpha value is -1.72. The zero-order valence-corrected chi connectivity index (χ0v) is 5.07. The summed E-state index contributed by atoms with van der Waals surface area (Å²) in [6, 6.07) is 0. The van der Waals surface area contributed by atoms with Crippen LogP contribution in [0.3, 0.4) is 0 Å².